The summed E-state index contributed by atoms with van der Waals surface area (Å²) in [5.41, 5.74) is 3.39. The van der Waals surface area contributed by atoms with Crippen LogP contribution < -0.4 is 4.74 Å². The Bertz CT molecular complexity index is 1110. The molecule has 1 saturated heterocycles. The van der Waals surface area contributed by atoms with Crippen LogP contribution in [-0.2, 0) is 6.42 Å². The first kappa shape index (κ1) is 24.0. The number of carbonyl (C=O) groups is 2. The molecule has 2 amide bonds. The summed E-state index contributed by atoms with van der Waals surface area (Å²) in [6.07, 6.45) is 4.09. The van der Waals surface area contributed by atoms with Crippen LogP contribution in [0.25, 0.3) is 0 Å². The zero-order chi connectivity index (χ0) is 24.1. The van der Waals surface area contributed by atoms with Crippen LogP contribution in [0.15, 0.2) is 59.4 Å². The van der Waals surface area contributed by atoms with E-state index in [0.29, 0.717) is 24.6 Å². The normalized spacial score (nSPS) is 15.1. The first-order valence-electron chi connectivity index (χ1n) is 11.6. The van der Waals surface area contributed by atoms with E-state index >= 15 is 0 Å². The summed E-state index contributed by atoms with van der Waals surface area (Å²) in [4.78, 5) is 34.3. The van der Waals surface area contributed by atoms with E-state index < -0.39 is 0 Å². The number of aromatic nitrogens is 1. The van der Waals surface area contributed by atoms with E-state index in [0.717, 1.165) is 41.8 Å². The maximum absolute atomic E-state index is 13.2. The third-order valence-corrected chi connectivity index (χ3v) is 7.38. The van der Waals surface area contributed by atoms with Crippen LogP contribution in [0.5, 0.6) is 5.75 Å². The van der Waals surface area contributed by atoms with Crippen LogP contribution in [0.1, 0.15) is 44.8 Å². The molecule has 0 radical (unpaired) electrons. The molecule has 34 heavy (non-hydrogen) atoms. The molecule has 0 spiro atoms. The number of piperidine rings is 1. The molecule has 6 nitrogen and oxygen atoms in total. The van der Waals surface area contributed by atoms with Crippen molar-refractivity contribution in [2.45, 2.75) is 32.2 Å². The molecule has 1 aliphatic rings. The Morgan fingerprint density at radius 2 is 1.97 bits per heavy atom. The molecule has 1 atom stereocenters. The number of thiophene rings is 1. The van der Waals surface area contributed by atoms with Gasteiger partial charge in [0.2, 0.25) is 0 Å². The van der Waals surface area contributed by atoms with Crippen molar-refractivity contribution >= 4 is 23.2 Å². The highest BCUT2D eigenvalue weighted by molar-refractivity contribution is 7.08. The number of benzene rings is 1. The molecule has 4 rings (SSSR count). The number of hydrogen-bond donors (Lipinski definition) is 0. The van der Waals surface area contributed by atoms with Gasteiger partial charge in [0.25, 0.3) is 11.8 Å². The van der Waals surface area contributed by atoms with Gasteiger partial charge in [-0.15, -0.1) is 0 Å². The first-order chi connectivity index (χ1) is 16.5. The molecule has 0 N–H and O–H groups in total. The highest BCUT2D eigenvalue weighted by atomic mass is 32.1. The average Bonchev–Trinajstić information content (AvgIpc) is 3.42. The van der Waals surface area contributed by atoms with Crippen molar-refractivity contribution in [2.75, 3.05) is 27.2 Å². The average molecular weight is 478 g/mol. The SMILES string of the molecule is COc1cccc(CC(C2CCN(C(=O)c3ccc(C)nc3)CC2)N(C)C(=O)c2ccsc2)c1. The number of likely N-dealkylation sites (tertiary alicyclic amines) is 1. The van der Waals surface area contributed by atoms with E-state index in [1.807, 2.05) is 70.9 Å². The number of methoxy groups -OCH3 is 1. The predicted molar refractivity (Wildman–Crippen MR) is 134 cm³/mol. The molecule has 1 aromatic carbocycles. The fraction of sp³-hybridized carbons (Fsp3) is 0.370. The number of carbonyl (C=O) groups excluding carboxylic acids is 2. The lowest BCUT2D eigenvalue weighted by Crippen LogP contribution is -2.48. The Balaban J connectivity index is 1.50. The summed E-state index contributed by atoms with van der Waals surface area (Å²) >= 11 is 1.53. The van der Waals surface area contributed by atoms with Crippen molar-refractivity contribution in [3.05, 3.63) is 81.8 Å². The molecular formula is C27H31N3O3S. The van der Waals surface area contributed by atoms with E-state index in [-0.39, 0.29) is 17.9 Å². The van der Waals surface area contributed by atoms with Gasteiger partial charge in [0, 0.05) is 43.4 Å². The molecule has 0 saturated carbocycles. The fourth-order valence-electron chi connectivity index (χ4n) is 4.67. The smallest absolute Gasteiger partial charge is 0.255 e. The number of nitrogens with zero attached hydrogens (tertiary/aromatic N) is 3. The summed E-state index contributed by atoms with van der Waals surface area (Å²) in [6, 6.07) is 13.7. The zero-order valence-corrected chi connectivity index (χ0v) is 20.8. The number of amides is 2. The minimum absolute atomic E-state index is 0.0257. The molecule has 0 bridgehead atoms. The fourth-order valence-corrected chi connectivity index (χ4v) is 5.30. The van der Waals surface area contributed by atoms with Gasteiger partial charge in [-0.3, -0.25) is 14.6 Å². The lowest BCUT2D eigenvalue weighted by atomic mass is 9.84. The minimum Gasteiger partial charge on any atom is -0.497 e. The van der Waals surface area contributed by atoms with Crippen LogP contribution >= 0.6 is 11.3 Å². The van der Waals surface area contributed by atoms with Gasteiger partial charge in [-0.05, 0) is 73.4 Å². The van der Waals surface area contributed by atoms with E-state index in [1.54, 1.807) is 13.3 Å². The van der Waals surface area contributed by atoms with E-state index in [9.17, 15) is 9.59 Å². The molecule has 0 aliphatic carbocycles. The second-order valence-corrected chi connectivity index (χ2v) is 9.65. The largest absolute Gasteiger partial charge is 0.497 e. The predicted octanol–water partition coefficient (Wildman–Crippen LogP) is 4.70. The molecule has 178 valence electrons. The Morgan fingerprint density at radius 3 is 2.62 bits per heavy atom. The number of hydrogen-bond acceptors (Lipinski definition) is 5. The first-order valence-corrected chi connectivity index (χ1v) is 12.5. The highest BCUT2D eigenvalue weighted by Crippen LogP contribution is 2.29. The van der Waals surface area contributed by atoms with E-state index in [4.69, 9.17) is 4.74 Å². The molecule has 2 aromatic heterocycles. The van der Waals surface area contributed by atoms with Gasteiger partial charge in [0.1, 0.15) is 5.75 Å². The molecule has 1 aliphatic heterocycles. The van der Waals surface area contributed by atoms with Crippen molar-refractivity contribution in [2.24, 2.45) is 5.92 Å². The number of pyridine rings is 1. The van der Waals surface area contributed by atoms with Crippen LogP contribution in [0.3, 0.4) is 0 Å². The minimum atomic E-state index is 0.0257. The van der Waals surface area contributed by atoms with E-state index in [2.05, 4.69) is 11.1 Å². The number of ether oxygens (including phenoxy) is 1. The maximum Gasteiger partial charge on any atom is 0.255 e. The number of likely N-dealkylation sites (N-methyl/N-ethyl adjacent to an activating group) is 1. The van der Waals surface area contributed by atoms with Crippen LogP contribution in [0.2, 0.25) is 0 Å². The van der Waals surface area contributed by atoms with Crippen LogP contribution in [-0.4, -0.2) is 59.9 Å². The summed E-state index contributed by atoms with van der Waals surface area (Å²) < 4.78 is 5.41. The van der Waals surface area contributed by atoms with Gasteiger partial charge in [0.05, 0.1) is 18.2 Å². The quantitative estimate of drug-likeness (QED) is 0.495. The molecule has 3 aromatic rings. The summed E-state index contributed by atoms with van der Waals surface area (Å²) in [5.74, 6) is 1.17. The van der Waals surface area contributed by atoms with Gasteiger partial charge in [0.15, 0.2) is 0 Å². The number of aryl methyl sites for hydroxylation is 1. The summed E-state index contributed by atoms with van der Waals surface area (Å²) in [6.45, 7) is 3.26. The third kappa shape index (κ3) is 5.47. The zero-order valence-electron chi connectivity index (χ0n) is 19.9. The van der Waals surface area contributed by atoms with Crippen LogP contribution in [0, 0.1) is 12.8 Å². The Hall–Kier alpha value is -3.19. The molecule has 1 unspecified atom stereocenters. The number of rotatable bonds is 7. The van der Waals surface area contributed by atoms with Crippen molar-refractivity contribution in [3.63, 3.8) is 0 Å². The molecule has 3 heterocycles. The molecule has 1 fully saturated rings. The van der Waals surface area contributed by atoms with Crippen LogP contribution in [0.4, 0.5) is 0 Å². The van der Waals surface area contributed by atoms with Crippen molar-refractivity contribution < 1.29 is 14.3 Å². The molecular weight excluding hydrogens is 446 g/mol. The second kappa shape index (κ2) is 10.8. The van der Waals surface area contributed by atoms with Crippen molar-refractivity contribution in [3.8, 4) is 5.75 Å². The third-order valence-electron chi connectivity index (χ3n) is 6.69. The topological polar surface area (TPSA) is 62.7 Å². The van der Waals surface area contributed by atoms with E-state index in [1.165, 1.54) is 11.3 Å². The Labute approximate surface area is 205 Å². The second-order valence-electron chi connectivity index (χ2n) is 8.87. The summed E-state index contributed by atoms with van der Waals surface area (Å²) in [7, 11) is 3.57. The standard InChI is InChI=1S/C27H31N3O3S/c1-19-7-8-22(17-28-19)27(32)30-12-9-21(10-13-30)25(16-20-5-4-6-24(15-20)33-3)29(2)26(31)23-11-14-34-18-23/h4-8,11,14-15,17-18,21,25H,9-10,12-13,16H2,1-3H3. The summed E-state index contributed by atoms with van der Waals surface area (Å²) in [5, 5.41) is 3.83. The van der Waals surface area contributed by atoms with Gasteiger partial charge < -0.3 is 14.5 Å². The van der Waals surface area contributed by atoms with Crippen molar-refractivity contribution in [1.29, 1.82) is 0 Å². The molecule has 7 heteroatoms. The van der Waals surface area contributed by atoms with Gasteiger partial charge in [-0.2, -0.15) is 11.3 Å². The van der Waals surface area contributed by atoms with Crippen molar-refractivity contribution in [1.82, 2.24) is 14.8 Å². The Morgan fingerprint density at radius 1 is 1.18 bits per heavy atom. The monoisotopic (exact) mass is 477 g/mol. The lowest BCUT2D eigenvalue weighted by Gasteiger charge is -2.40. The highest BCUT2D eigenvalue weighted by Gasteiger charge is 2.33. The lowest BCUT2D eigenvalue weighted by molar-refractivity contribution is 0.0522. The van der Waals surface area contributed by atoms with Gasteiger partial charge >= 0.3 is 0 Å². The van der Waals surface area contributed by atoms with Gasteiger partial charge in [-0.25, -0.2) is 0 Å². The van der Waals surface area contributed by atoms with Gasteiger partial charge in [-0.1, -0.05) is 12.1 Å². The Kier molecular flexibility index (Phi) is 7.63. The maximum atomic E-state index is 13.2.